The summed E-state index contributed by atoms with van der Waals surface area (Å²) in [6.45, 7) is 3.90. The van der Waals surface area contributed by atoms with Gasteiger partial charge in [0.1, 0.15) is 5.78 Å². The summed E-state index contributed by atoms with van der Waals surface area (Å²) >= 11 is 0. The zero-order chi connectivity index (χ0) is 14.9. The van der Waals surface area contributed by atoms with Crippen molar-refractivity contribution < 1.29 is 13.2 Å². The molecule has 1 unspecified atom stereocenters. The second-order valence-corrected chi connectivity index (χ2v) is 7.01. The quantitative estimate of drug-likeness (QED) is 0.827. The zero-order valence-corrected chi connectivity index (χ0v) is 12.3. The number of piperidine rings is 1. The highest BCUT2D eigenvalue weighted by Gasteiger charge is 2.32. The smallest absolute Gasteiger partial charge is 0.243 e. The van der Waals surface area contributed by atoms with Crippen molar-refractivity contribution in [1.82, 2.24) is 4.31 Å². The number of hydrogen-bond donors (Lipinski definition) is 0. The van der Waals surface area contributed by atoms with Gasteiger partial charge in [0.25, 0.3) is 0 Å². The van der Waals surface area contributed by atoms with Crippen LogP contribution in [-0.2, 0) is 14.8 Å². The number of benzene rings is 1. The summed E-state index contributed by atoms with van der Waals surface area (Å²) in [7, 11) is -3.59. The minimum absolute atomic E-state index is 0.104. The summed E-state index contributed by atoms with van der Waals surface area (Å²) < 4.78 is 26.4. The molecule has 1 heterocycles. The van der Waals surface area contributed by atoms with E-state index in [1.54, 1.807) is 13.8 Å². The molecule has 20 heavy (non-hydrogen) atoms. The van der Waals surface area contributed by atoms with Crippen molar-refractivity contribution in [2.24, 2.45) is 5.92 Å². The number of carbonyl (C=O) groups excluding carboxylic acids is 1. The predicted molar refractivity (Wildman–Crippen MR) is 73.4 cm³/mol. The normalized spacial score (nSPS) is 20.6. The van der Waals surface area contributed by atoms with Crippen molar-refractivity contribution in [3.63, 3.8) is 0 Å². The summed E-state index contributed by atoms with van der Waals surface area (Å²) in [5, 5.41) is 8.88. The van der Waals surface area contributed by atoms with Gasteiger partial charge >= 0.3 is 0 Å². The lowest BCUT2D eigenvalue weighted by Gasteiger charge is -2.29. The molecule has 0 spiro atoms. The first-order valence-electron chi connectivity index (χ1n) is 6.40. The number of rotatable bonds is 2. The Morgan fingerprint density at radius 3 is 2.65 bits per heavy atom. The van der Waals surface area contributed by atoms with Gasteiger partial charge in [-0.15, -0.1) is 0 Å². The molecule has 0 radical (unpaired) electrons. The topological polar surface area (TPSA) is 78.2 Å². The molecule has 0 aliphatic carbocycles. The molecule has 0 amide bonds. The molecule has 106 valence electrons. The summed E-state index contributed by atoms with van der Waals surface area (Å²) in [5.74, 6) is -0.162. The molecule has 0 aromatic heterocycles. The summed E-state index contributed by atoms with van der Waals surface area (Å²) in [6, 6.07) is 6.48. The fourth-order valence-corrected chi connectivity index (χ4v) is 3.88. The largest absolute Gasteiger partial charge is 0.299 e. The molecule has 1 aliphatic rings. The number of hydrogen-bond acceptors (Lipinski definition) is 4. The minimum Gasteiger partial charge on any atom is -0.299 e. The highest BCUT2D eigenvalue weighted by molar-refractivity contribution is 7.89. The third kappa shape index (κ3) is 2.60. The maximum atomic E-state index is 12.5. The first kappa shape index (κ1) is 14.7. The van der Waals surface area contributed by atoms with Gasteiger partial charge in [-0.3, -0.25) is 4.79 Å². The van der Waals surface area contributed by atoms with E-state index in [1.807, 2.05) is 6.07 Å². The number of ketones is 1. The van der Waals surface area contributed by atoms with Gasteiger partial charge < -0.3 is 0 Å². The average molecular weight is 292 g/mol. The van der Waals surface area contributed by atoms with Gasteiger partial charge in [-0.2, -0.15) is 9.57 Å². The summed E-state index contributed by atoms with van der Waals surface area (Å²) in [4.78, 5) is 11.7. The maximum Gasteiger partial charge on any atom is 0.243 e. The first-order valence-corrected chi connectivity index (χ1v) is 7.84. The van der Waals surface area contributed by atoms with Gasteiger partial charge in [0, 0.05) is 25.4 Å². The average Bonchev–Trinajstić information content (AvgIpc) is 2.41. The van der Waals surface area contributed by atoms with Gasteiger partial charge in [0.05, 0.1) is 16.5 Å². The fourth-order valence-electron chi connectivity index (χ4n) is 2.27. The maximum absolute atomic E-state index is 12.5. The number of aryl methyl sites for hydroxylation is 1. The van der Waals surface area contributed by atoms with Crippen LogP contribution in [-0.4, -0.2) is 31.6 Å². The van der Waals surface area contributed by atoms with E-state index in [9.17, 15) is 13.2 Å². The van der Waals surface area contributed by atoms with Gasteiger partial charge in [0.2, 0.25) is 10.0 Å². The molecule has 6 heteroatoms. The Balaban J connectivity index is 2.34. The molecule has 1 saturated heterocycles. The van der Waals surface area contributed by atoms with Gasteiger partial charge in [-0.05, 0) is 30.7 Å². The molecule has 0 N–H and O–H groups in total. The summed E-state index contributed by atoms with van der Waals surface area (Å²) in [6.07, 6.45) is 0.260. The van der Waals surface area contributed by atoms with E-state index < -0.39 is 10.0 Å². The second-order valence-electron chi connectivity index (χ2n) is 5.07. The van der Waals surface area contributed by atoms with Crippen LogP contribution in [0.3, 0.4) is 0 Å². The number of carbonyl (C=O) groups is 1. The lowest BCUT2D eigenvalue weighted by atomic mass is 10.0. The van der Waals surface area contributed by atoms with Crippen LogP contribution >= 0.6 is 0 Å². The Labute approximate surface area is 118 Å². The Bertz CT molecular complexity index is 689. The molecule has 5 nitrogen and oxygen atoms in total. The van der Waals surface area contributed by atoms with Crippen LogP contribution in [0.25, 0.3) is 0 Å². The molecule has 0 bridgehead atoms. The minimum atomic E-state index is -3.59. The Hall–Kier alpha value is -1.71. The zero-order valence-electron chi connectivity index (χ0n) is 11.5. The van der Waals surface area contributed by atoms with E-state index in [2.05, 4.69) is 0 Å². The van der Waals surface area contributed by atoms with Gasteiger partial charge in [-0.1, -0.05) is 6.92 Å². The van der Waals surface area contributed by atoms with Crippen molar-refractivity contribution in [2.45, 2.75) is 25.2 Å². The Kier molecular flexibility index (Phi) is 3.93. The van der Waals surface area contributed by atoms with Gasteiger partial charge in [0.15, 0.2) is 0 Å². The number of sulfonamides is 1. The fraction of sp³-hybridized carbons (Fsp3) is 0.429. The Morgan fingerprint density at radius 1 is 1.40 bits per heavy atom. The van der Waals surface area contributed by atoms with E-state index in [0.717, 1.165) is 0 Å². The lowest BCUT2D eigenvalue weighted by Crippen LogP contribution is -2.43. The molecule has 1 atom stereocenters. The SMILES string of the molecule is Cc1cc(S(=O)(=O)N2CCC(=O)C(C)C2)ccc1C#N. The van der Waals surface area contributed by atoms with Crippen LogP contribution in [0.1, 0.15) is 24.5 Å². The van der Waals surface area contributed by atoms with Crippen LogP contribution < -0.4 is 0 Å². The van der Waals surface area contributed by atoms with Gasteiger partial charge in [-0.25, -0.2) is 8.42 Å². The van der Waals surface area contributed by atoms with Crippen LogP contribution in [0.2, 0.25) is 0 Å². The molecular weight excluding hydrogens is 276 g/mol. The van der Waals surface area contributed by atoms with E-state index in [-0.39, 0.29) is 36.1 Å². The molecule has 1 fully saturated rings. The molecule has 1 aromatic rings. The number of nitrogens with zero attached hydrogens (tertiary/aromatic N) is 2. The van der Waals surface area contributed by atoms with Crippen molar-refractivity contribution in [2.75, 3.05) is 13.1 Å². The number of nitriles is 1. The highest BCUT2D eigenvalue weighted by atomic mass is 32.2. The Morgan fingerprint density at radius 2 is 2.10 bits per heavy atom. The van der Waals surface area contributed by atoms with E-state index in [1.165, 1.54) is 22.5 Å². The highest BCUT2D eigenvalue weighted by Crippen LogP contribution is 2.23. The van der Waals surface area contributed by atoms with Crippen molar-refractivity contribution in [3.8, 4) is 6.07 Å². The standard InChI is InChI=1S/C14H16N2O3S/c1-10-7-13(4-3-12(10)8-15)20(18,19)16-6-5-14(17)11(2)9-16/h3-4,7,11H,5-6,9H2,1-2H3. The van der Waals surface area contributed by atoms with Crippen LogP contribution in [0, 0.1) is 24.2 Å². The third-order valence-electron chi connectivity index (χ3n) is 3.59. The molecule has 0 saturated carbocycles. The van der Waals surface area contributed by atoms with E-state index >= 15 is 0 Å². The number of Topliss-reactive ketones (excluding diaryl/α,β-unsaturated/α-hetero) is 1. The summed E-state index contributed by atoms with van der Waals surface area (Å²) in [5.41, 5.74) is 1.10. The van der Waals surface area contributed by atoms with Crippen molar-refractivity contribution in [1.29, 1.82) is 5.26 Å². The third-order valence-corrected chi connectivity index (χ3v) is 5.45. The molecule has 1 aliphatic heterocycles. The van der Waals surface area contributed by atoms with Crippen LogP contribution in [0.5, 0.6) is 0 Å². The first-order chi connectivity index (χ1) is 9.36. The van der Waals surface area contributed by atoms with E-state index in [0.29, 0.717) is 11.1 Å². The van der Waals surface area contributed by atoms with Crippen molar-refractivity contribution in [3.05, 3.63) is 29.3 Å². The van der Waals surface area contributed by atoms with Crippen molar-refractivity contribution >= 4 is 15.8 Å². The molecular formula is C14H16N2O3S. The predicted octanol–water partition coefficient (Wildman–Crippen LogP) is 1.47. The van der Waals surface area contributed by atoms with Crippen LogP contribution in [0.15, 0.2) is 23.1 Å². The monoisotopic (exact) mass is 292 g/mol. The second kappa shape index (κ2) is 5.35. The molecule has 2 rings (SSSR count). The lowest BCUT2D eigenvalue weighted by molar-refractivity contribution is -0.124. The van der Waals surface area contributed by atoms with E-state index in [4.69, 9.17) is 5.26 Å². The molecule has 1 aromatic carbocycles. The van der Waals surface area contributed by atoms with Crippen LogP contribution in [0.4, 0.5) is 0 Å².